The topological polar surface area (TPSA) is 129 Å². The molecule has 1 fully saturated rings. The zero-order valence-electron chi connectivity index (χ0n) is 17.9. The Kier molecular flexibility index (Phi) is 6.27. The van der Waals surface area contributed by atoms with Crippen LogP contribution in [0.4, 0.5) is 10.1 Å². The Morgan fingerprint density at radius 3 is 2.70 bits per heavy atom. The molecule has 4 rings (SSSR count). The van der Waals surface area contributed by atoms with E-state index in [1.54, 1.807) is 24.3 Å². The summed E-state index contributed by atoms with van der Waals surface area (Å²) in [4.78, 5) is 24.3. The molecule has 10 heteroatoms. The fourth-order valence-corrected chi connectivity index (χ4v) is 3.78. The number of methoxy groups -OCH3 is 1. The van der Waals surface area contributed by atoms with Gasteiger partial charge in [0.15, 0.2) is 5.69 Å². The number of carboxylic acid groups (broad SMARTS) is 1. The van der Waals surface area contributed by atoms with Crippen molar-refractivity contribution in [3.8, 4) is 11.4 Å². The molecule has 0 radical (unpaired) electrons. The number of benzene rings is 2. The van der Waals surface area contributed by atoms with Gasteiger partial charge in [0.1, 0.15) is 11.6 Å². The van der Waals surface area contributed by atoms with E-state index in [0.29, 0.717) is 24.6 Å². The first kappa shape index (κ1) is 22.3. The fourth-order valence-electron chi connectivity index (χ4n) is 3.78. The number of nitrogens with one attached hydrogen (secondary N) is 1. The third-order valence-corrected chi connectivity index (χ3v) is 5.51. The Morgan fingerprint density at radius 2 is 2.06 bits per heavy atom. The van der Waals surface area contributed by atoms with Gasteiger partial charge in [0.2, 0.25) is 0 Å². The van der Waals surface area contributed by atoms with Gasteiger partial charge in [-0.2, -0.15) is 5.10 Å². The van der Waals surface area contributed by atoms with E-state index >= 15 is 0 Å². The molecular formula is C23H23FN4O5. The maximum atomic E-state index is 13.5. The maximum absolute atomic E-state index is 13.5. The third kappa shape index (κ3) is 4.51. The second kappa shape index (κ2) is 9.29. The molecule has 1 atom stereocenters. The molecule has 2 heterocycles. The molecule has 0 aliphatic carbocycles. The number of carboxylic acids is 1. The number of ether oxygens (including phenoxy) is 2. The standard InChI is InChI=1S/C23H23FN4O5/c1-32-18-7-4-15(24)10-17(18)22(29)26-11-13-2-5-16(6-3-13)28-21(23(30)31)19(25)20(27-28)14-8-9-33-12-14/h2-7,10,14H,8-9,11-12,25H2,1H3,(H,26,29)(H,30,31). The van der Waals surface area contributed by atoms with E-state index in [4.69, 9.17) is 15.2 Å². The quantitative estimate of drug-likeness (QED) is 0.501. The van der Waals surface area contributed by atoms with Crippen molar-refractivity contribution in [1.29, 1.82) is 0 Å². The molecule has 33 heavy (non-hydrogen) atoms. The number of halogens is 1. The van der Waals surface area contributed by atoms with Crippen LogP contribution in [-0.4, -0.2) is 47.1 Å². The van der Waals surface area contributed by atoms with Crippen LogP contribution in [0.5, 0.6) is 5.75 Å². The van der Waals surface area contributed by atoms with Gasteiger partial charge in [-0.15, -0.1) is 0 Å². The molecule has 4 N–H and O–H groups in total. The van der Waals surface area contributed by atoms with Crippen LogP contribution in [0.2, 0.25) is 0 Å². The number of amides is 1. The number of aromatic carboxylic acids is 1. The highest BCUT2D eigenvalue weighted by molar-refractivity contribution is 5.97. The second-order valence-electron chi connectivity index (χ2n) is 7.62. The van der Waals surface area contributed by atoms with Crippen molar-refractivity contribution < 1.29 is 28.6 Å². The van der Waals surface area contributed by atoms with Crippen molar-refractivity contribution in [2.75, 3.05) is 26.1 Å². The van der Waals surface area contributed by atoms with Crippen molar-refractivity contribution in [1.82, 2.24) is 15.1 Å². The number of carbonyl (C=O) groups excluding carboxylic acids is 1. The van der Waals surface area contributed by atoms with E-state index in [2.05, 4.69) is 10.4 Å². The summed E-state index contributed by atoms with van der Waals surface area (Å²) in [6.07, 6.45) is 0.731. The predicted octanol–water partition coefficient (Wildman–Crippen LogP) is 2.73. The van der Waals surface area contributed by atoms with Crippen LogP contribution in [-0.2, 0) is 11.3 Å². The van der Waals surface area contributed by atoms with Gasteiger partial charge in [-0.3, -0.25) is 4.79 Å². The van der Waals surface area contributed by atoms with Crippen molar-refractivity contribution >= 4 is 17.6 Å². The molecule has 0 bridgehead atoms. The van der Waals surface area contributed by atoms with Gasteiger partial charge < -0.3 is 25.6 Å². The SMILES string of the molecule is COc1ccc(F)cc1C(=O)NCc1ccc(-n2nc(C3CCOC3)c(N)c2C(=O)O)cc1. The normalized spacial score (nSPS) is 15.4. The number of anilines is 1. The fraction of sp³-hybridized carbons (Fsp3) is 0.261. The summed E-state index contributed by atoms with van der Waals surface area (Å²) in [5, 5.41) is 16.9. The first-order valence-corrected chi connectivity index (χ1v) is 10.3. The summed E-state index contributed by atoms with van der Waals surface area (Å²) in [5.74, 6) is -1.97. The third-order valence-electron chi connectivity index (χ3n) is 5.51. The van der Waals surface area contributed by atoms with Crippen LogP contribution in [0.3, 0.4) is 0 Å². The van der Waals surface area contributed by atoms with E-state index in [0.717, 1.165) is 18.1 Å². The Labute approximate surface area is 188 Å². The molecule has 1 aromatic heterocycles. The van der Waals surface area contributed by atoms with Gasteiger partial charge in [-0.05, 0) is 42.3 Å². The van der Waals surface area contributed by atoms with E-state index in [1.807, 2.05) is 0 Å². The molecule has 1 amide bonds. The molecule has 0 spiro atoms. The Bertz CT molecular complexity index is 1190. The molecule has 0 saturated carbocycles. The molecule has 1 unspecified atom stereocenters. The van der Waals surface area contributed by atoms with Crippen LogP contribution in [0.15, 0.2) is 42.5 Å². The second-order valence-corrected chi connectivity index (χ2v) is 7.62. The highest BCUT2D eigenvalue weighted by Crippen LogP contribution is 2.32. The van der Waals surface area contributed by atoms with E-state index in [9.17, 15) is 19.1 Å². The smallest absolute Gasteiger partial charge is 0.356 e. The minimum Gasteiger partial charge on any atom is -0.496 e. The Morgan fingerprint density at radius 1 is 1.30 bits per heavy atom. The highest BCUT2D eigenvalue weighted by atomic mass is 19.1. The monoisotopic (exact) mass is 454 g/mol. The van der Waals surface area contributed by atoms with Crippen molar-refractivity contribution in [3.63, 3.8) is 0 Å². The van der Waals surface area contributed by atoms with Gasteiger partial charge in [0.05, 0.1) is 36.3 Å². The Balaban J connectivity index is 1.52. The van der Waals surface area contributed by atoms with Crippen LogP contribution >= 0.6 is 0 Å². The summed E-state index contributed by atoms with van der Waals surface area (Å²) in [7, 11) is 1.40. The predicted molar refractivity (Wildman–Crippen MR) is 117 cm³/mol. The summed E-state index contributed by atoms with van der Waals surface area (Å²) in [5.41, 5.74) is 8.04. The summed E-state index contributed by atoms with van der Waals surface area (Å²) in [6.45, 7) is 1.22. The lowest BCUT2D eigenvalue weighted by Gasteiger charge is -2.10. The zero-order chi connectivity index (χ0) is 23.5. The number of hydrogen-bond acceptors (Lipinski definition) is 6. The zero-order valence-corrected chi connectivity index (χ0v) is 17.9. The summed E-state index contributed by atoms with van der Waals surface area (Å²) >= 11 is 0. The van der Waals surface area contributed by atoms with E-state index in [1.165, 1.54) is 23.9 Å². The first-order valence-electron chi connectivity index (χ1n) is 10.3. The number of carbonyl (C=O) groups is 2. The van der Waals surface area contributed by atoms with Crippen LogP contribution < -0.4 is 15.8 Å². The van der Waals surface area contributed by atoms with Crippen molar-refractivity contribution in [3.05, 3.63) is 70.8 Å². The van der Waals surface area contributed by atoms with Crippen molar-refractivity contribution in [2.45, 2.75) is 18.9 Å². The van der Waals surface area contributed by atoms with E-state index in [-0.39, 0.29) is 35.2 Å². The minimum absolute atomic E-state index is 0.0429. The van der Waals surface area contributed by atoms with E-state index < -0.39 is 17.7 Å². The number of aromatic nitrogens is 2. The maximum Gasteiger partial charge on any atom is 0.356 e. The van der Waals surface area contributed by atoms with Gasteiger partial charge in [0, 0.05) is 19.1 Å². The average molecular weight is 454 g/mol. The molecule has 1 aliphatic heterocycles. The van der Waals surface area contributed by atoms with Gasteiger partial charge >= 0.3 is 5.97 Å². The molecule has 3 aromatic rings. The molecule has 1 aliphatic rings. The molecule has 2 aromatic carbocycles. The molecule has 9 nitrogen and oxygen atoms in total. The molecular weight excluding hydrogens is 431 g/mol. The van der Waals surface area contributed by atoms with Gasteiger partial charge in [-0.25, -0.2) is 13.9 Å². The highest BCUT2D eigenvalue weighted by Gasteiger charge is 2.29. The Hall–Kier alpha value is -3.92. The summed E-state index contributed by atoms with van der Waals surface area (Å²) < 4.78 is 25.3. The lowest BCUT2D eigenvalue weighted by Crippen LogP contribution is -2.23. The molecule has 172 valence electrons. The number of nitrogen functional groups attached to an aromatic ring is 1. The number of nitrogens with two attached hydrogens (primary N) is 1. The first-order chi connectivity index (χ1) is 15.9. The minimum atomic E-state index is -1.18. The van der Waals surface area contributed by atoms with Crippen LogP contribution in [0.25, 0.3) is 5.69 Å². The number of rotatable bonds is 7. The summed E-state index contributed by atoms with van der Waals surface area (Å²) in [6, 6.07) is 10.6. The van der Waals surface area contributed by atoms with Gasteiger partial charge in [-0.1, -0.05) is 12.1 Å². The van der Waals surface area contributed by atoms with Gasteiger partial charge in [0.25, 0.3) is 5.91 Å². The van der Waals surface area contributed by atoms with Crippen molar-refractivity contribution in [2.24, 2.45) is 0 Å². The van der Waals surface area contributed by atoms with Crippen LogP contribution in [0.1, 0.15) is 44.4 Å². The van der Waals surface area contributed by atoms with Crippen LogP contribution in [0, 0.1) is 5.82 Å². The number of nitrogens with zero attached hydrogens (tertiary/aromatic N) is 2. The number of hydrogen-bond donors (Lipinski definition) is 3. The molecule has 1 saturated heterocycles. The lowest BCUT2D eigenvalue weighted by molar-refractivity contribution is 0.0688. The lowest BCUT2D eigenvalue weighted by atomic mass is 10.0. The largest absolute Gasteiger partial charge is 0.496 e. The average Bonchev–Trinajstić information content (AvgIpc) is 3.45.